The third-order valence-electron chi connectivity index (χ3n) is 8.35. The minimum absolute atomic E-state index is 0.0721. The Morgan fingerprint density at radius 1 is 1.17 bits per heavy atom. The van der Waals surface area contributed by atoms with Gasteiger partial charge in [-0.2, -0.15) is 0 Å². The average molecular weight is 521 g/mol. The van der Waals surface area contributed by atoms with Crippen LogP contribution in [0.2, 0.25) is 0 Å². The van der Waals surface area contributed by atoms with Crippen LogP contribution < -0.4 is 0 Å². The number of thioether (sulfide) groups is 1. The number of likely N-dealkylation sites (N-methyl/N-ethyl adjacent to an activating group) is 1. The first-order valence-corrected chi connectivity index (χ1v) is 13.7. The second-order valence-electron chi connectivity index (χ2n) is 10.5. The fraction of sp³-hybridized carbons (Fsp3) is 0.731. The number of ether oxygens (including phenoxy) is 1. The van der Waals surface area contributed by atoms with Gasteiger partial charge in [0.1, 0.15) is 6.04 Å². The molecule has 4 heterocycles. The van der Waals surface area contributed by atoms with Crippen LogP contribution in [0.15, 0.2) is 25.3 Å². The first-order valence-electron chi connectivity index (χ1n) is 12.9. The zero-order valence-electron chi connectivity index (χ0n) is 21.6. The number of amides is 3. The number of hydrogen-bond acceptors (Lipinski definition) is 7. The summed E-state index contributed by atoms with van der Waals surface area (Å²) in [5.74, 6) is -1.45. The predicted octanol–water partition coefficient (Wildman–Crippen LogP) is 0.451. The fourth-order valence-electron chi connectivity index (χ4n) is 6.66. The molecule has 4 aliphatic rings. The summed E-state index contributed by atoms with van der Waals surface area (Å²) >= 11 is 1.66. The SMILES string of the molecule is C=CCN(C)C(=O)[C@H]1[C@H]2C(=O)N(CCO)C(C(=O)N(CC=C)CCN3CCOCC3)C23CC[C@]1(C)S3. The molecule has 4 saturated heterocycles. The molecular formula is C26H40N4O5S. The number of rotatable bonds is 11. The molecule has 200 valence electrons. The van der Waals surface area contributed by atoms with Gasteiger partial charge in [-0.1, -0.05) is 12.2 Å². The van der Waals surface area contributed by atoms with Crippen molar-refractivity contribution < 1.29 is 24.2 Å². The van der Waals surface area contributed by atoms with E-state index in [1.54, 1.807) is 45.7 Å². The van der Waals surface area contributed by atoms with Crippen molar-refractivity contribution in [2.75, 3.05) is 72.7 Å². The van der Waals surface area contributed by atoms with Crippen molar-refractivity contribution in [3.8, 4) is 0 Å². The Morgan fingerprint density at radius 2 is 1.86 bits per heavy atom. The minimum atomic E-state index is -0.707. The summed E-state index contributed by atoms with van der Waals surface area (Å²) in [7, 11) is 1.74. The van der Waals surface area contributed by atoms with Gasteiger partial charge >= 0.3 is 0 Å². The van der Waals surface area contributed by atoms with E-state index >= 15 is 0 Å². The smallest absolute Gasteiger partial charge is 0.247 e. The van der Waals surface area contributed by atoms with Crippen LogP contribution in [0.3, 0.4) is 0 Å². The summed E-state index contributed by atoms with van der Waals surface area (Å²) in [4.78, 5) is 49.0. The summed E-state index contributed by atoms with van der Waals surface area (Å²) in [5.41, 5.74) is 0. The molecular weight excluding hydrogens is 480 g/mol. The zero-order chi connectivity index (χ0) is 26.1. The molecule has 0 saturated carbocycles. The molecule has 2 bridgehead atoms. The lowest BCUT2D eigenvalue weighted by atomic mass is 9.66. The lowest BCUT2D eigenvalue weighted by Crippen LogP contribution is -2.56. The molecule has 4 rings (SSSR count). The topological polar surface area (TPSA) is 93.6 Å². The number of nitrogens with zero attached hydrogens (tertiary/aromatic N) is 4. The monoisotopic (exact) mass is 520 g/mol. The number of carbonyl (C=O) groups is 3. The summed E-state index contributed by atoms with van der Waals surface area (Å²) in [6.45, 7) is 14.6. The van der Waals surface area contributed by atoms with Gasteiger partial charge in [0.15, 0.2) is 0 Å². The molecule has 5 atom stereocenters. The van der Waals surface area contributed by atoms with E-state index in [1.807, 2.05) is 0 Å². The highest BCUT2D eigenvalue weighted by Gasteiger charge is 2.77. The molecule has 3 amide bonds. The third-order valence-corrected chi connectivity index (χ3v) is 10.3. The van der Waals surface area contributed by atoms with Crippen LogP contribution in [-0.2, 0) is 19.1 Å². The Morgan fingerprint density at radius 3 is 2.50 bits per heavy atom. The van der Waals surface area contributed by atoms with E-state index in [0.717, 1.165) is 26.1 Å². The number of fused-ring (bicyclic) bond motifs is 1. The quantitative estimate of drug-likeness (QED) is 0.396. The van der Waals surface area contributed by atoms with Gasteiger partial charge in [-0.15, -0.1) is 24.9 Å². The van der Waals surface area contributed by atoms with Gasteiger partial charge in [-0.3, -0.25) is 19.3 Å². The van der Waals surface area contributed by atoms with Crippen LogP contribution in [0.1, 0.15) is 19.8 Å². The molecule has 36 heavy (non-hydrogen) atoms. The van der Waals surface area contributed by atoms with Crippen LogP contribution in [0.4, 0.5) is 0 Å². The van der Waals surface area contributed by atoms with Crippen molar-refractivity contribution in [3.63, 3.8) is 0 Å². The van der Waals surface area contributed by atoms with E-state index in [9.17, 15) is 19.5 Å². The number of likely N-dealkylation sites (tertiary alicyclic amines) is 1. The molecule has 0 aromatic heterocycles. The van der Waals surface area contributed by atoms with Gasteiger partial charge in [-0.05, 0) is 19.8 Å². The van der Waals surface area contributed by atoms with Crippen molar-refractivity contribution in [1.82, 2.24) is 19.6 Å². The van der Waals surface area contributed by atoms with E-state index < -0.39 is 27.4 Å². The lowest BCUT2D eigenvalue weighted by molar-refractivity contribution is -0.145. The predicted molar refractivity (Wildman–Crippen MR) is 139 cm³/mol. The van der Waals surface area contributed by atoms with E-state index in [1.165, 1.54) is 0 Å². The molecule has 0 aliphatic carbocycles. The Hall–Kier alpha value is -1.88. The van der Waals surface area contributed by atoms with E-state index in [-0.39, 0.29) is 30.9 Å². The molecule has 1 spiro atoms. The second-order valence-corrected chi connectivity index (χ2v) is 12.4. The van der Waals surface area contributed by atoms with Crippen molar-refractivity contribution >= 4 is 29.5 Å². The molecule has 0 aromatic rings. The van der Waals surface area contributed by atoms with Gasteiger partial charge in [-0.25, -0.2) is 0 Å². The second kappa shape index (κ2) is 10.8. The average Bonchev–Trinajstić information content (AvgIpc) is 3.43. The highest BCUT2D eigenvalue weighted by Crippen LogP contribution is 2.71. The number of β-amino-alcohol motifs (C(OH)–C–C–N with tert-alkyl or cyclic N) is 1. The fourth-order valence-corrected chi connectivity index (χ4v) is 9.00. The summed E-state index contributed by atoms with van der Waals surface area (Å²) in [6.07, 6.45) is 4.87. The summed E-state index contributed by atoms with van der Waals surface area (Å²) in [6, 6.07) is -0.707. The summed E-state index contributed by atoms with van der Waals surface area (Å²) < 4.78 is 4.36. The highest BCUT2D eigenvalue weighted by atomic mass is 32.2. The third kappa shape index (κ3) is 4.50. The van der Waals surface area contributed by atoms with Crippen molar-refractivity contribution in [1.29, 1.82) is 0 Å². The number of morpholine rings is 1. The van der Waals surface area contributed by atoms with Crippen molar-refractivity contribution in [3.05, 3.63) is 25.3 Å². The number of carbonyl (C=O) groups excluding carboxylic acids is 3. The van der Waals surface area contributed by atoms with Gasteiger partial charge < -0.3 is 24.5 Å². The van der Waals surface area contributed by atoms with Crippen LogP contribution >= 0.6 is 11.8 Å². The largest absolute Gasteiger partial charge is 0.395 e. The van der Waals surface area contributed by atoms with E-state index in [4.69, 9.17) is 4.74 Å². The van der Waals surface area contributed by atoms with Gasteiger partial charge in [0.05, 0.1) is 36.4 Å². The highest BCUT2D eigenvalue weighted by molar-refractivity contribution is 8.02. The molecule has 10 heteroatoms. The molecule has 0 aromatic carbocycles. The standard InChI is InChI=1S/C26H40N4O5S/c1-5-9-27(4)22(32)19-20-23(33)30(13-16-31)21(26(20)8-7-25(19,3)36-26)24(34)29(10-6-2)12-11-28-14-17-35-18-15-28/h5-6,19-21,31H,1-2,7-18H2,3-4H3/t19-,20+,21?,25+,26?/m1/s1. The maximum Gasteiger partial charge on any atom is 0.247 e. The van der Waals surface area contributed by atoms with Crippen LogP contribution in [0, 0.1) is 11.8 Å². The molecule has 4 fully saturated rings. The Labute approximate surface area is 218 Å². The maximum absolute atomic E-state index is 14.2. The molecule has 9 nitrogen and oxygen atoms in total. The normalized spacial score (nSPS) is 33.5. The maximum atomic E-state index is 14.2. The number of hydrogen-bond donors (Lipinski definition) is 1. The van der Waals surface area contributed by atoms with Crippen molar-refractivity contribution in [2.45, 2.75) is 35.3 Å². The van der Waals surface area contributed by atoms with Crippen LogP contribution in [0.25, 0.3) is 0 Å². The van der Waals surface area contributed by atoms with Gasteiger partial charge in [0.2, 0.25) is 17.7 Å². The minimum Gasteiger partial charge on any atom is -0.395 e. The van der Waals surface area contributed by atoms with Crippen LogP contribution in [0.5, 0.6) is 0 Å². The molecule has 1 N–H and O–H groups in total. The first-order chi connectivity index (χ1) is 17.2. The van der Waals surface area contributed by atoms with E-state index in [2.05, 4.69) is 25.0 Å². The number of aliphatic hydroxyl groups excluding tert-OH is 1. The lowest BCUT2D eigenvalue weighted by Gasteiger charge is -2.38. The van der Waals surface area contributed by atoms with E-state index in [0.29, 0.717) is 39.3 Å². The van der Waals surface area contributed by atoms with Crippen molar-refractivity contribution in [2.24, 2.45) is 11.8 Å². The van der Waals surface area contributed by atoms with Crippen LogP contribution in [-0.4, -0.2) is 131 Å². The molecule has 2 unspecified atom stereocenters. The Bertz CT molecular complexity index is 896. The molecule has 0 radical (unpaired) electrons. The summed E-state index contributed by atoms with van der Waals surface area (Å²) in [5, 5.41) is 9.83. The number of aliphatic hydroxyl groups is 1. The van der Waals surface area contributed by atoms with Gasteiger partial charge in [0, 0.05) is 57.6 Å². The Balaban J connectivity index is 1.64. The zero-order valence-corrected chi connectivity index (χ0v) is 22.4. The molecule has 4 aliphatic heterocycles. The first kappa shape index (κ1) is 27.2. The Kier molecular flexibility index (Phi) is 8.19. The van der Waals surface area contributed by atoms with Gasteiger partial charge in [0.25, 0.3) is 0 Å².